The van der Waals surface area contributed by atoms with Crippen LogP contribution in [0, 0.1) is 0 Å². The predicted octanol–water partition coefficient (Wildman–Crippen LogP) is 4.27. The van der Waals surface area contributed by atoms with Gasteiger partial charge in [-0.3, -0.25) is 0 Å². The first-order chi connectivity index (χ1) is 9.46. The Balaban J connectivity index is 2.26. The van der Waals surface area contributed by atoms with Crippen molar-refractivity contribution in [3.8, 4) is 0 Å². The maximum Gasteiger partial charge on any atom is 0.243 e. The number of halogens is 3. The van der Waals surface area contributed by atoms with Crippen LogP contribution in [0.3, 0.4) is 0 Å². The van der Waals surface area contributed by atoms with E-state index in [1.54, 1.807) is 22.5 Å². The highest BCUT2D eigenvalue weighted by molar-refractivity contribution is 9.10. The molecule has 0 aromatic heterocycles. The molecular weight excluding hydrogens is 385 g/mol. The van der Waals surface area contributed by atoms with Gasteiger partial charge >= 0.3 is 0 Å². The molecule has 0 spiro atoms. The van der Waals surface area contributed by atoms with Gasteiger partial charge in [0.15, 0.2) is 0 Å². The number of rotatable bonds is 5. The van der Waals surface area contributed by atoms with E-state index in [9.17, 15) is 8.42 Å². The van der Waals surface area contributed by atoms with E-state index >= 15 is 0 Å². The second-order valence-corrected chi connectivity index (χ2v) is 8.35. The molecular formula is C13H16BrCl2NO2S. The Bertz CT molecular complexity index is 580. The Hall–Kier alpha value is 0.190. The van der Waals surface area contributed by atoms with Gasteiger partial charge < -0.3 is 0 Å². The monoisotopic (exact) mass is 399 g/mol. The van der Waals surface area contributed by atoms with E-state index in [0.29, 0.717) is 21.9 Å². The van der Waals surface area contributed by atoms with Crippen molar-refractivity contribution in [2.45, 2.75) is 36.6 Å². The van der Waals surface area contributed by atoms with Crippen molar-refractivity contribution in [1.82, 2.24) is 4.31 Å². The molecule has 1 heterocycles. The molecule has 2 rings (SSSR count). The maximum absolute atomic E-state index is 12.7. The first-order valence-electron chi connectivity index (χ1n) is 6.49. The van der Waals surface area contributed by atoms with Gasteiger partial charge in [0.2, 0.25) is 10.0 Å². The van der Waals surface area contributed by atoms with Crippen molar-refractivity contribution in [3.63, 3.8) is 0 Å². The topological polar surface area (TPSA) is 37.4 Å². The zero-order chi connectivity index (χ0) is 14.8. The fourth-order valence-corrected chi connectivity index (χ4v) is 5.05. The third kappa shape index (κ3) is 3.50. The minimum absolute atomic E-state index is 0.0632. The highest BCUT2D eigenvalue weighted by Gasteiger charge is 2.34. The quantitative estimate of drug-likeness (QED) is 0.692. The summed E-state index contributed by atoms with van der Waals surface area (Å²) in [6.45, 7) is 0.579. The molecule has 7 heteroatoms. The summed E-state index contributed by atoms with van der Waals surface area (Å²) < 4.78 is 27.6. The van der Waals surface area contributed by atoms with Crippen molar-refractivity contribution >= 4 is 49.2 Å². The standard InChI is InChI=1S/C13H16BrCl2NO2S/c14-12-9-11(5-6-13(12)16)20(18,19)17-8-2-4-10(17)3-1-7-15/h5-6,9-10H,1-4,7-8H2. The maximum atomic E-state index is 12.7. The molecule has 1 fully saturated rings. The number of sulfonamides is 1. The van der Waals surface area contributed by atoms with E-state index < -0.39 is 10.0 Å². The van der Waals surface area contributed by atoms with E-state index in [1.165, 1.54) is 0 Å². The van der Waals surface area contributed by atoms with E-state index in [-0.39, 0.29) is 10.9 Å². The van der Waals surface area contributed by atoms with Crippen LogP contribution in [0.4, 0.5) is 0 Å². The largest absolute Gasteiger partial charge is 0.243 e. The molecule has 0 radical (unpaired) electrons. The summed E-state index contributed by atoms with van der Waals surface area (Å²) in [7, 11) is -3.46. The summed E-state index contributed by atoms with van der Waals surface area (Å²) in [6.07, 6.45) is 3.46. The second kappa shape index (κ2) is 6.97. The van der Waals surface area contributed by atoms with Crippen LogP contribution in [0.15, 0.2) is 27.6 Å². The van der Waals surface area contributed by atoms with Crippen LogP contribution in [-0.4, -0.2) is 31.2 Å². The third-order valence-electron chi connectivity index (χ3n) is 3.49. The molecule has 1 aromatic rings. The number of hydrogen-bond donors (Lipinski definition) is 0. The van der Waals surface area contributed by atoms with Crippen molar-refractivity contribution in [1.29, 1.82) is 0 Å². The highest BCUT2D eigenvalue weighted by Crippen LogP contribution is 2.31. The fourth-order valence-electron chi connectivity index (χ4n) is 2.50. The highest BCUT2D eigenvalue weighted by atomic mass is 79.9. The van der Waals surface area contributed by atoms with Gasteiger partial charge in [-0.15, -0.1) is 11.6 Å². The van der Waals surface area contributed by atoms with Crippen LogP contribution in [0.2, 0.25) is 5.02 Å². The molecule has 1 unspecified atom stereocenters. The minimum Gasteiger partial charge on any atom is -0.207 e. The summed E-state index contributed by atoms with van der Waals surface area (Å²) >= 11 is 14.9. The number of benzene rings is 1. The van der Waals surface area contributed by atoms with Gasteiger partial charge in [0.25, 0.3) is 0 Å². The van der Waals surface area contributed by atoms with Gasteiger partial charge in [-0.1, -0.05) is 11.6 Å². The van der Waals surface area contributed by atoms with E-state index in [2.05, 4.69) is 15.9 Å². The summed E-state index contributed by atoms with van der Waals surface area (Å²) in [5.74, 6) is 0.566. The van der Waals surface area contributed by atoms with Crippen LogP contribution in [0.5, 0.6) is 0 Å². The molecule has 1 atom stereocenters. The smallest absolute Gasteiger partial charge is 0.207 e. The molecule has 0 amide bonds. The first kappa shape index (κ1) is 16.6. The Morgan fingerprint density at radius 2 is 2.15 bits per heavy atom. The van der Waals surface area contributed by atoms with Gasteiger partial charge in [-0.2, -0.15) is 4.31 Å². The molecule has 0 aliphatic carbocycles. The van der Waals surface area contributed by atoms with Crippen LogP contribution < -0.4 is 0 Å². The molecule has 1 aliphatic rings. The molecule has 3 nitrogen and oxygen atoms in total. The first-order valence-corrected chi connectivity index (χ1v) is 9.64. The minimum atomic E-state index is -3.46. The van der Waals surface area contributed by atoms with E-state index in [1.807, 2.05) is 0 Å². The van der Waals surface area contributed by atoms with Crippen LogP contribution >= 0.6 is 39.1 Å². The molecule has 1 aliphatic heterocycles. The second-order valence-electron chi connectivity index (χ2n) is 4.82. The summed E-state index contributed by atoms with van der Waals surface area (Å²) in [5.41, 5.74) is 0. The van der Waals surface area contributed by atoms with Crippen LogP contribution in [0.25, 0.3) is 0 Å². The summed E-state index contributed by atoms with van der Waals surface area (Å²) in [6, 6.07) is 4.78. The molecule has 112 valence electrons. The molecule has 20 heavy (non-hydrogen) atoms. The average Bonchev–Trinajstić information content (AvgIpc) is 2.88. The lowest BCUT2D eigenvalue weighted by Crippen LogP contribution is -2.35. The van der Waals surface area contributed by atoms with Gasteiger partial charge in [-0.05, 0) is 59.8 Å². The fraction of sp³-hybridized carbons (Fsp3) is 0.538. The van der Waals surface area contributed by atoms with Crippen LogP contribution in [-0.2, 0) is 10.0 Å². The average molecular weight is 401 g/mol. The molecule has 1 aromatic carbocycles. The zero-order valence-electron chi connectivity index (χ0n) is 10.9. The lowest BCUT2D eigenvalue weighted by Gasteiger charge is -2.24. The van der Waals surface area contributed by atoms with E-state index in [4.69, 9.17) is 23.2 Å². The van der Waals surface area contributed by atoms with Crippen molar-refractivity contribution in [3.05, 3.63) is 27.7 Å². The molecule has 0 saturated carbocycles. The summed E-state index contributed by atoms with van der Waals surface area (Å²) in [5, 5.41) is 0.504. The number of hydrogen-bond acceptors (Lipinski definition) is 2. The van der Waals surface area contributed by atoms with Crippen LogP contribution in [0.1, 0.15) is 25.7 Å². The normalized spacial score (nSPS) is 20.4. The third-order valence-corrected chi connectivity index (χ3v) is 6.92. The van der Waals surface area contributed by atoms with Gasteiger partial charge in [-0.25, -0.2) is 8.42 Å². The van der Waals surface area contributed by atoms with Crippen molar-refractivity contribution < 1.29 is 8.42 Å². The van der Waals surface area contributed by atoms with Crippen molar-refractivity contribution in [2.75, 3.05) is 12.4 Å². The lowest BCUT2D eigenvalue weighted by molar-refractivity contribution is 0.368. The predicted molar refractivity (Wildman–Crippen MR) is 86.0 cm³/mol. The molecule has 0 N–H and O–H groups in total. The summed E-state index contributed by atoms with van der Waals surface area (Å²) in [4.78, 5) is 0.284. The van der Waals surface area contributed by atoms with Gasteiger partial charge in [0, 0.05) is 22.9 Å². The van der Waals surface area contributed by atoms with E-state index in [0.717, 1.165) is 25.7 Å². The Morgan fingerprint density at radius 3 is 2.80 bits per heavy atom. The van der Waals surface area contributed by atoms with Gasteiger partial charge in [0.1, 0.15) is 0 Å². The SMILES string of the molecule is O=S(=O)(c1ccc(Cl)c(Br)c1)N1CCCC1CCCCl. The molecule has 1 saturated heterocycles. The Labute approximate surface area is 138 Å². The zero-order valence-corrected chi connectivity index (χ0v) is 14.8. The number of nitrogens with zero attached hydrogens (tertiary/aromatic N) is 1. The number of alkyl halides is 1. The Kier molecular flexibility index (Phi) is 5.77. The lowest BCUT2D eigenvalue weighted by atomic mass is 10.1. The Morgan fingerprint density at radius 1 is 1.40 bits per heavy atom. The van der Waals surface area contributed by atoms with Gasteiger partial charge in [0.05, 0.1) is 9.92 Å². The molecule has 0 bridgehead atoms. The van der Waals surface area contributed by atoms with Crippen molar-refractivity contribution in [2.24, 2.45) is 0 Å².